The minimum Gasteiger partial charge on any atom is -0.495 e. The summed E-state index contributed by atoms with van der Waals surface area (Å²) >= 11 is 6.20. The summed E-state index contributed by atoms with van der Waals surface area (Å²) in [6, 6.07) is 13.8. The van der Waals surface area contributed by atoms with Gasteiger partial charge in [-0.1, -0.05) is 29.8 Å². The number of carbonyl (C=O) groups excluding carboxylic acids is 1. The molecule has 0 atom stereocenters. The van der Waals surface area contributed by atoms with Gasteiger partial charge in [-0.05, 0) is 68.1 Å². The van der Waals surface area contributed by atoms with Gasteiger partial charge in [0.2, 0.25) is 5.91 Å². The number of carbonyl (C=O) groups is 1. The number of aryl methyl sites for hydroxylation is 4. The van der Waals surface area contributed by atoms with E-state index < -0.39 is 0 Å². The summed E-state index contributed by atoms with van der Waals surface area (Å²) in [7, 11) is 1.56. The van der Waals surface area contributed by atoms with Crippen LogP contribution in [0.4, 0.5) is 5.69 Å². The number of nitrogens with zero attached hydrogens (tertiary/aromatic N) is 2. The topological polar surface area (TPSA) is 55.6 Å². The van der Waals surface area contributed by atoms with E-state index >= 15 is 0 Å². The van der Waals surface area contributed by atoms with E-state index in [1.165, 1.54) is 11.1 Å². The summed E-state index contributed by atoms with van der Waals surface area (Å²) in [6.07, 6.45) is 2.12. The molecule has 1 amide bonds. The largest absolute Gasteiger partial charge is 0.495 e. The zero-order valence-electron chi connectivity index (χ0n) is 18.9. The second-order valence-electron chi connectivity index (χ2n) is 8.12. The van der Waals surface area contributed by atoms with E-state index in [1.807, 2.05) is 42.6 Å². The molecule has 0 aliphatic rings. The molecule has 0 saturated heterocycles. The van der Waals surface area contributed by atoms with E-state index in [4.69, 9.17) is 21.3 Å². The molecule has 5 nitrogen and oxygen atoms in total. The number of methoxy groups -OCH3 is 1. The number of hydrogen-bond acceptors (Lipinski definition) is 3. The first-order chi connectivity index (χ1) is 15.3. The highest BCUT2D eigenvalue weighted by molar-refractivity contribution is 6.31. The highest BCUT2D eigenvalue weighted by Gasteiger charge is 2.19. The number of fused-ring (bicyclic) bond motifs is 1. The number of pyridine rings is 1. The summed E-state index contributed by atoms with van der Waals surface area (Å²) in [6.45, 7) is 8.09. The average molecular weight is 448 g/mol. The lowest BCUT2D eigenvalue weighted by molar-refractivity contribution is -0.115. The van der Waals surface area contributed by atoms with E-state index in [-0.39, 0.29) is 12.3 Å². The fourth-order valence-corrected chi connectivity index (χ4v) is 3.97. The molecule has 0 fully saturated rings. The molecule has 4 rings (SSSR count). The van der Waals surface area contributed by atoms with Gasteiger partial charge in [0, 0.05) is 22.8 Å². The fraction of sp³-hybridized carbons (Fsp3) is 0.231. The maximum atomic E-state index is 13.1. The summed E-state index contributed by atoms with van der Waals surface area (Å²) in [5.74, 6) is 0.371. The van der Waals surface area contributed by atoms with Crippen molar-refractivity contribution < 1.29 is 9.53 Å². The second-order valence-corrected chi connectivity index (χ2v) is 8.52. The molecule has 0 unspecified atom stereocenters. The second kappa shape index (κ2) is 8.67. The molecule has 0 spiro atoms. The smallest absolute Gasteiger partial charge is 0.230 e. The molecule has 6 heteroatoms. The molecule has 0 bridgehead atoms. The zero-order chi connectivity index (χ0) is 23.0. The molecule has 0 aliphatic heterocycles. The minimum absolute atomic E-state index is 0.154. The van der Waals surface area contributed by atoms with Gasteiger partial charge in [0.1, 0.15) is 11.4 Å². The molecule has 164 valence electrons. The molecule has 2 heterocycles. The Bertz CT molecular complexity index is 1340. The normalized spacial score (nSPS) is 11.1. The van der Waals surface area contributed by atoms with Gasteiger partial charge in [0.15, 0.2) is 0 Å². The van der Waals surface area contributed by atoms with Gasteiger partial charge in [0.25, 0.3) is 0 Å². The zero-order valence-corrected chi connectivity index (χ0v) is 19.7. The first-order valence-corrected chi connectivity index (χ1v) is 10.8. The van der Waals surface area contributed by atoms with E-state index in [2.05, 4.69) is 37.4 Å². The molecular formula is C26H26ClN3O2. The lowest BCUT2D eigenvalue weighted by Crippen LogP contribution is -2.17. The number of hydrogen-bond donors (Lipinski definition) is 1. The van der Waals surface area contributed by atoms with Gasteiger partial charge in [-0.3, -0.25) is 4.79 Å². The Labute approximate surface area is 193 Å². The Kier molecular flexibility index (Phi) is 5.94. The lowest BCUT2D eigenvalue weighted by atomic mass is 10.0. The van der Waals surface area contributed by atoms with Crippen LogP contribution in [0.5, 0.6) is 5.75 Å². The molecule has 2 aromatic carbocycles. The molecule has 0 aliphatic carbocycles. The van der Waals surface area contributed by atoms with Crippen molar-refractivity contribution in [2.24, 2.45) is 0 Å². The number of ether oxygens (including phenoxy) is 1. The summed E-state index contributed by atoms with van der Waals surface area (Å²) in [5, 5.41) is 3.57. The predicted molar refractivity (Wildman–Crippen MR) is 130 cm³/mol. The number of rotatable bonds is 5. The molecule has 4 aromatic rings. The summed E-state index contributed by atoms with van der Waals surface area (Å²) in [4.78, 5) is 18.1. The lowest BCUT2D eigenvalue weighted by Gasteiger charge is -2.13. The first-order valence-electron chi connectivity index (χ1n) is 10.5. The number of imidazole rings is 1. The van der Waals surface area contributed by atoms with Gasteiger partial charge >= 0.3 is 0 Å². The Morgan fingerprint density at radius 3 is 2.53 bits per heavy atom. The summed E-state index contributed by atoms with van der Waals surface area (Å²) in [5.41, 5.74) is 8.43. The molecular weight excluding hydrogens is 422 g/mol. The molecule has 0 saturated carbocycles. The third-order valence-electron chi connectivity index (χ3n) is 5.81. The maximum Gasteiger partial charge on any atom is 0.230 e. The highest BCUT2D eigenvalue weighted by atomic mass is 35.5. The van der Waals surface area contributed by atoms with Gasteiger partial charge in [0.05, 0.1) is 30.6 Å². The van der Waals surface area contributed by atoms with Crippen molar-refractivity contribution in [2.75, 3.05) is 12.4 Å². The Morgan fingerprint density at radius 2 is 1.81 bits per heavy atom. The first kappa shape index (κ1) is 21.9. The van der Waals surface area contributed by atoms with E-state index in [9.17, 15) is 4.79 Å². The van der Waals surface area contributed by atoms with Crippen LogP contribution in [-0.2, 0) is 11.2 Å². The Morgan fingerprint density at radius 1 is 1.03 bits per heavy atom. The van der Waals surface area contributed by atoms with Gasteiger partial charge < -0.3 is 14.5 Å². The van der Waals surface area contributed by atoms with E-state index in [1.54, 1.807) is 13.2 Å². The Balaban J connectivity index is 1.75. The van der Waals surface area contributed by atoms with Crippen LogP contribution in [0.1, 0.15) is 27.9 Å². The number of amides is 1. The highest BCUT2D eigenvalue weighted by Crippen LogP contribution is 2.32. The average Bonchev–Trinajstić information content (AvgIpc) is 3.12. The number of anilines is 1. The van der Waals surface area contributed by atoms with Gasteiger partial charge in [-0.25, -0.2) is 4.98 Å². The fourth-order valence-electron chi connectivity index (χ4n) is 3.82. The molecule has 0 radical (unpaired) electrons. The minimum atomic E-state index is -0.154. The van der Waals surface area contributed by atoms with Crippen LogP contribution in [0, 0.1) is 27.7 Å². The van der Waals surface area contributed by atoms with Crippen molar-refractivity contribution >= 4 is 28.8 Å². The Hall–Kier alpha value is -3.31. The third kappa shape index (κ3) is 4.08. The van der Waals surface area contributed by atoms with Crippen LogP contribution in [0.3, 0.4) is 0 Å². The van der Waals surface area contributed by atoms with Crippen LogP contribution in [0.25, 0.3) is 16.9 Å². The van der Waals surface area contributed by atoms with Crippen molar-refractivity contribution in [3.63, 3.8) is 0 Å². The standard InChI is InChI=1S/C26H26ClN3O2/c1-15-8-9-19(11-17(15)3)25-22(30-10-6-7-16(2)26(30)29-25)14-24(31)28-21-12-18(4)20(27)13-23(21)32-5/h6-13H,14H2,1-5H3,(H,28,31). The van der Waals surface area contributed by atoms with Crippen LogP contribution >= 0.6 is 11.6 Å². The van der Waals surface area contributed by atoms with Gasteiger partial charge in [-0.15, -0.1) is 0 Å². The van der Waals surface area contributed by atoms with E-state index in [0.29, 0.717) is 16.5 Å². The third-order valence-corrected chi connectivity index (χ3v) is 6.21. The van der Waals surface area contributed by atoms with Crippen LogP contribution < -0.4 is 10.1 Å². The molecule has 1 N–H and O–H groups in total. The van der Waals surface area contributed by atoms with Crippen LogP contribution in [0.2, 0.25) is 5.02 Å². The van der Waals surface area contributed by atoms with Crippen LogP contribution in [-0.4, -0.2) is 22.4 Å². The SMILES string of the molecule is COc1cc(Cl)c(C)cc1NC(=O)Cc1c(-c2ccc(C)c(C)c2)nc2c(C)cccn12. The number of benzene rings is 2. The summed E-state index contributed by atoms with van der Waals surface area (Å²) < 4.78 is 7.41. The quantitative estimate of drug-likeness (QED) is 0.403. The van der Waals surface area contributed by atoms with Crippen molar-refractivity contribution in [3.05, 3.63) is 81.6 Å². The van der Waals surface area contributed by atoms with Gasteiger partial charge in [-0.2, -0.15) is 0 Å². The molecule has 2 aromatic heterocycles. The van der Waals surface area contributed by atoms with E-state index in [0.717, 1.165) is 33.7 Å². The molecule has 32 heavy (non-hydrogen) atoms. The number of halogens is 1. The monoisotopic (exact) mass is 447 g/mol. The van der Waals surface area contributed by atoms with Crippen molar-refractivity contribution in [2.45, 2.75) is 34.1 Å². The maximum absolute atomic E-state index is 13.1. The number of aromatic nitrogens is 2. The predicted octanol–water partition coefficient (Wildman–Crippen LogP) is 6.08. The number of nitrogens with one attached hydrogen (secondary N) is 1. The van der Waals surface area contributed by atoms with Crippen molar-refractivity contribution in [1.82, 2.24) is 9.38 Å². The van der Waals surface area contributed by atoms with Crippen LogP contribution in [0.15, 0.2) is 48.7 Å². The van der Waals surface area contributed by atoms with Crippen molar-refractivity contribution in [1.29, 1.82) is 0 Å². The van der Waals surface area contributed by atoms with Crippen molar-refractivity contribution in [3.8, 4) is 17.0 Å².